The number of hydrogen-bond acceptors (Lipinski definition) is 4. The summed E-state index contributed by atoms with van der Waals surface area (Å²) < 4.78 is 5.70. The lowest BCUT2D eigenvalue weighted by Gasteiger charge is -2.15. The highest BCUT2D eigenvalue weighted by Crippen LogP contribution is 2.24. The fourth-order valence-corrected chi connectivity index (χ4v) is 1.89. The molecule has 0 amide bonds. The van der Waals surface area contributed by atoms with E-state index >= 15 is 0 Å². The van der Waals surface area contributed by atoms with Gasteiger partial charge in [0.2, 0.25) is 0 Å². The van der Waals surface area contributed by atoms with Crippen molar-refractivity contribution in [2.24, 2.45) is 0 Å². The molecule has 2 aromatic carbocycles. The molecule has 1 atom stereocenters. The fourth-order valence-electron chi connectivity index (χ4n) is 1.89. The van der Waals surface area contributed by atoms with Crippen molar-refractivity contribution in [1.29, 1.82) is 0 Å². The van der Waals surface area contributed by atoms with E-state index in [1.165, 1.54) is 11.6 Å². The Morgan fingerprint density at radius 3 is 2.43 bits per heavy atom. The molecule has 0 aliphatic carbocycles. The Kier molecular flexibility index (Phi) is 5.06. The molecule has 0 spiro atoms. The van der Waals surface area contributed by atoms with Crippen LogP contribution in [-0.4, -0.2) is 22.9 Å². The van der Waals surface area contributed by atoms with E-state index in [0.717, 1.165) is 11.3 Å². The predicted octanol–water partition coefficient (Wildman–Crippen LogP) is 2.96. The van der Waals surface area contributed by atoms with Crippen LogP contribution in [0.5, 0.6) is 17.2 Å². The summed E-state index contributed by atoms with van der Waals surface area (Å²) in [5, 5.41) is 22.0. The normalized spacial score (nSPS) is 12.1. The zero-order valence-electron chi connectivity index (χ0n) is 12.3. The summed E-state index contributed by atoms with van der Waals surface area (Å²) in [5.41, 5.74) is 2.12. The fraction of sp³-hybridized carbons (Fsp3) is 0.294. The third-order valence-corrected chi connectivity index (χ3v) is 3.22. The van der Waals surface area contributed by atoms with Crippen molar-refractivity contribution in [3.05, 3.63) is 53.6 Å². The van der Waals surface area contributed by atoms with Crippen molar-refractivity contribution in [2.75, 3.05) is 6.61 Å². The van der Waals surface area contributed by atoms with Crippen LogP contribution in [-0.2, 0) is 6.54 Å². The number of ether oxygens (including phenoxy) is 1. The van der Waals surface area contributed by atoms with E-state index in [4.69, 9.17) is 4.74 Å². The molecular weight excluding hydrogens is 266 g/mol. The lowest BCUT2D eigenvalue weighted by Crippen LogP contribution is -2.31. The number of hydrogen-bond donors (Lipinski definition) is 3. The highest BCUT2D eigenvalue weighted by Gasteiger charge is 2.05. The van der Waals surface area contributed by atoms with E-state index in [1.807, 2.05) is 38.1 Å². The number of aryl methyl sites for hydroxylation is 1. The SMILES string of the molecule is Cc1ccc(OCC(C)NCc2ccc(O)c(O)c2)cc1. The maximum absolute atomic E-state index is 9.44. The molecule has 0 heterocycles. The minimum atomic E-state index is -0.102. The Morgan fingerprint density at radius 1 is 1.05 bits per heavy atom. The molecule has 4 heteroatoms. The van der Waals surface area contributed by atoms with Crippen LogP contribution in [0.25, 0.3) is 0 Å². The second-order valence-electron chi connectivity index (χ2n) is 5.23. The van der Waals surface area contributed by atoms with Gasteiger partial charge in [-0.2, -0.15) is 0 Å². The van der Waals surface area contributed by atoms with Crippen LogP contribution in [0.2, 0.25) is 0 Å². The molecule has 0 aliphatic rings. The number of phenolic OH excluding ortho intramolecular Hbond substituents is 2. The van der Waals surface area contributed by atoms with E-state index in [2.05, 4.69) is 5.32 Å². The first-order valence-electron chi connectivity index (χ1n) is 6.98. The van der Waals surface area contributed by atoms with Crippen LogP contribution in [0.1, 0.15) is 18.1 Å². The largest absolute Gasteiger partial charge is 0.504 e. The number of benzene rings is 2. The van der Waals surface area contributed by atoms with E-state index in [-0.39, 0.29) is 17.5 Å². The molecule has 2 rings (SSSR count). The molecule has 1 unspecified atom stereocenters. The Morgan fingerprint density at radius 2 is 1.76 bits per heavy atom. The maximum atomic E-state index is 9.44. The monoisotopic (exact) mass is 287 g/mol. The van der Waals surface area contributed by atoms with Gasteiger partial charge >= 0.3 is 0 Å². The van der Waals surface area contributed by atoms with Crippen molar-refractivity contribution >= 4 is 0 Å². The van der Waals surface area contributed by atoms with Gasteiger partial charge < -0.3 is 20.3 Å². The first-order chi connectivity index (χ1) is 10.0. The number of rotatable bonds is 6. The van der Waals surface area contributed by atoms with Crippen LogP contribution < -0.4 is 10.1 Å². The van der Waals surface area contributed by atoms with Gasteiger partial charge in [-0.25, -0.2) is 0 Å². The van der Waals surface area contributed by atoms with Crippen molar-refractivity contribution in [3.63, 3.8) is 0 Å². The topological polar surface area (TPSA) is 61.7 Å². The second kappa shape index (κ2) is 6.99. The Labute approximate surface area is 125 Å². The minimum Gasteiger partial charge on any atom is -0.504 e. The number of aromatic hydroxyl groups is 2. The van der Waals surface area contributed by atoms with Crippen LogP contribution >= 0.6 is 0 Å². The third-order valence-electron chi connectivity index (χ3n) is 3.22. The van der Waals surface area contributed by atoms with Crippen molar-refractivity contribution < 1.29 is 14.9 Å². The molecular formula is C17H21NO3. The summed E-state index contributed by atoms with van der Waals surface area (Å²) in [5.74, 6) is 0.656. The summed E-state index contributed by atoms with van der Waals surface area (Å²) in [6.07, 6.45) is 0. The van der Waals surface area contributed by atoms with Gasteiger partial charge in [0.05, 0.1) is 0 Å². The summed E-state index contributed by atoms with van der Waals surface area (Å²) in [7, 11) is 0. The molecule has 0 bridgehead atoms. The second-order valence-corrected chi connectivity index (χ2v) is 5.23. The Bertz CT molecular complexity index is 581. The summed E-state index contributed by atoms with van der Waals surface area (Å²) >= 11 is 0. The molecule has 0 saturated carbocycles. The van der Waals surface area contributed by atoms with Gasteiger partial charge in [0.1, 0.15) is 12.4 Å². The maximum Gasteiger partial charge on any atom is 0.157 e. The van der Waals surface area contributed by atoms with Crippen LogP contribution in [0.3, 0.4) is 0 Å². The lowest BCUT2D eigenvalue weighted by molar-refractivity contribution is 0.272. The average Bonchev–Trinajstić information content (AvgIpc) is 2.48. The molecule has 2 aromatic rings. The summed E-state index contributed by atoms with van der Waals surface area (Å²) in [6, 6.07) is 12.9. The third kappa shape index (κ3) is 4.68. The molecule has 112 valence electrons. The molecule has 21 heavy (non-hydrogen) atoms. The van der Waals surface area contributed by atoms with Gasteiger partial charge in [0.15, 0.2) is 11.5 Å². The molecule has 3 N–H and O–H groups in total. The van der Waals surface area contributed by atoms with Gasteiger partial charge in [-0.3, -0.25) is 0 Å². The highest BCUT2D eigenvalue weighted by atomic mass is 16.5. The van der Waals surface area contributed by atoms with Crippen molar-refractivity contribution in [1.82, 2.24) is 5.32 Å². The van der Waals surface area contributed by atoms with Gasteiger partial charge in [-0.05, 0) is 43.7 Å². The Balaban J connectivity index is 1.77. The molecule has 0 fully saturated rings. The zero-order valence-corrected chi connectivity index (χ0v) is 12.3. The number of nitrogens with one attached hydrogen (secondary N) is 1. The van der Waals surface area contributed by atoms with Gasteiger partial charge in [-0.15, -0.1) is 0 Å². The quantitative estimate of drug-likeness (QED) is 0.715. The van der Waals surface area contributed by atoms with Gasteiger partial charge in [-0.1, -0.05) is 23.8 Å². The van der Waals surface area contributed by atoms with E-state index in [1.54, 1.807) is 12.1 Å². The van der Waals surface area contributed by atoms with Gasteiger partial charge in [0.25, 0.3) is 0 Å². The van der Waals surface area contributed by atoms with Crippen LogP contribution in [0, 0.1) is 6.92 Å². The van der Waals surface area contributed by atoms with Crippen molar-refractivity contribution in [2.45, 2.75) is 26.4 Å². The number of phenols is 2. The summed E-state index contributed by atoms with van der Waals surface area (Å²) in [4.78, 5) is 0. The summed E-state index contributed by atoms with van der Waals surface area (Å²) in [6.45, 7) is 5.24. The first kappa shape index (κ1) is 15.2. The zero-order chi connectivity index (χ0) is 15.2. The van der Waals surface area contributed by atoms with E-state index in [0.29, 0.717) is 13.2 Å². The highest BCUT2D eigenvalue weighted by molar-refractivity contribution is 5.40. The molecule has 0 saturated heterocycles. The predicted molar refractivity (Wildman–Crippen MR) is 82.7 cm³/mol. The first-order valence-corrected chi connectivity index (χ1v) is 6.98. The van der Waals surface area contributed by atoms with Gasteiger partial charge in [0, 0.05) is 12.6 Å². The molecule has 0 aromatic heterocycles. The average molecular weight is 287 g/mol. The van der Waals surface area contributed by atoms with Crippen LogP contribution in [0.4, 0.5) is 0 Å². The molecule has 4 nitrogen and oxygen atoms in total. The standard InChI is InChI=1S/C17H21NO3/c1-12-3-6-15(7-4-12)21-11-13(2)18-10-14-5-8-16(19)17(20)9-14/h3-9,13,18-20H,10-11H2,1-2H3. The van der Waals surface area contributed by atoms with E-state index in [9.17, 15) is 10.2 Å². The Hall–Kier alpha value is -2.20. The smallest absolute Gasteiger partial charge is 0.157 e. The van der Waals surface area contributed by atoms with E-state index < -0.39 is 0 Å². The lowest BCUT2D eigenvalue weighted by atomic mass is 10.2. The van der Waals surface area contributed by atoms with Crippen LogP contribution in [0.15, 0.2) is 42.5 Å². The molecule has 0 aliphatic heterocycles. The molecule has 0 radical (unpaired) electrons. The van der Waals surface area contributed by atoms with Crippen molar-refractivity contribution in [3.8, 4) is 17.2 Å². The minimum absolute atomic E-state index is 0.0992.